The Morgan fingerprint density at radius 2 is 1.88 bits per heavy atom. The van der Waals surface area contributed by atoms with Crippen LogP contribution < -0.4 is 0 Å². The number of aryl methyl sites for hydroxylation is 1. The van der Waals surface area contributed by atoms with Gasteiger partial charge in [-0.3, -0.25) is 14.3 Å². The number of ketones is 2. The summed E-state index contributed by atoms with van der Waals surface area (Å²) in [5.41, 5.74) is -2.46. The summed E-state index contributed by atoms with van der Waals surface area (Å²) in [5.74, 6) is -4.24. The summed E-state index contributed by atoms with van der Waals surface area (Å²) in [5, 5.41) is 11.7. The van der Waals surface area contributed by atoms with E-state index >= 15 is 0 Å². The van der Waals surface area contributed by atoms with E-state index in [0.717, 1.165) is 31.3 Å². The zero-order valence-electron chi connectivity index (χ0n) is 13.1. The predicted molar refractivity (Wildman–Crippen MR) is 82.0 cm³/mol. The number of aromatic nitrogens is 2. The van der Waals surface area contributed by atoms with E-state index in [1.54, 1.807) is 0 Å². The van der Waals surface area contributed by atoms with Crippen LogP contribution in [-0.2, 0) is 13.2 Å². The van der Waals surface area contributed by atoms with E-state index < -0.39 is 52.3 Å². The Labute approximate surface area is 149 Å². The number of halogens is 5. The quantitative estimate of drug-likeness (QED) is 0.577. The molecule has 0 saturated carbocycles. The largest absolute Gasteiger partial charge is 0.435 e. The van der Waals surface area contributed by atoms with Crippen LogP contribution in [0.25, 0.3) is 0 Å². The molecule has 2 rings (SSSR count). The summed E-state index contributed by atoms with van der Waals surface area (Å²) >= 11 is 5.73. The van der Waals surface area contributed by atoms with Crippen LogP contribution in [0.15, 0.2) is 24.3 Å². The molecule has 0 aliphatic heterocycles. The summed E-state index contributed by atoms with van der Waals surface area (Å²) in [6.07, 6.45) is -5.64. The van der Waals surface area contributed by atoms with E-state index in [4.69, 9.17) is 16.9 Å². The summed E-state index contributed by atoms with van der Waals surface area (Å²) in [6, 6.07) is 5.84. The third-order valence-corrected chi connectivity index (χ3v) is 3.95. The third kappa shape index (κ3) is 3.91. The maximum atomic E-state index is 13.1. The second-order valence-electron chi connectivity index (χ2n) is 5.32. The van der Waals surface area contributed by atoms with E-state index in [-0.39, 0.29) is 5.56 Å². The second-order valence-corrected chi connectivity index (χ2v) is 5.67. The van der Waals surface area contributed by atoms with Crippen LogP contribution >= 0.6 is 11.6 Å². The summed E-state index contributed by atoms with van der Waals surface area (Å²) in [6.45, 7) is 0. The summed E-state index contributed by atoms with van der Waals surface area (Å²) < 4.78 is 52.7. The van der Waals surface area contributed by atoms with Crippen LogP contribution in [0.5, 0.6) is 0 Å². The van der Waals surface area contributed by atoms with Crippen LogP contribution in [0.1, 0.15) is 32.8 Å². The molecule has 136 valence electrons. The molecule has 1 unspecified atom stereocenters. The number of carbonyl (C=O) groups is 2. The van der Waals surface area contributed by atoms with Gasteiger partial charge in [-0.15, -0.1) is 0 Å². The topological polar surface area (TPSA) is 75.8 Å². The Hall–Kier alpha value is -2.73. The van der Waals surface area contributed by atoms with Gasteiger partial charge in [0.1, 0.15) is 16.9 Å². The zero-order valence-corrected chi connectivity index (χ0v) is 13.9. The van der Waals surface area contributed by atoms with Gasteiger partial charge in [-0.1, -0.05) is 11.6 Å². The second kappa shape index (κ2) is 7.25. The van der Waals surface area contributed by atoms with Gasteiger partial charge in [0.15, 0.2) is 17.3 Å². The lowest BCUT2D eigenvalue weighted by Crippen LogP contribution is -2.21. The zero-order chi connectivity index (χ0) is 19.6. The number of carbonyl (C=O) groups excluding carboxylic acids is 2. The lowest BCUT2D eigenvalue weighted by molar-refractivity contribution is -0.141. The molecular weight excluding hydrogens is 378 g/mol. The monoisotopic (exact) mass is 387 g/mol. The van der Waals surface area contributed by atoms with E-state index in [9.17, 15) is 27.2 Å². The molecule has 0 spiro atoms. The number of nitriles is 1. The lowest BCUT2D eigenvalue weighted by Gasteiger charge is -2.10. The van der Waals surface area contributed by atoms with Gasteiger partial charge in [0.05, 0.1) is 11.6 Å². The first kappa shape index (κ1) is 19.6. The van der Waals surface area contributed by atoms with Gasteiger partial charge in [-0.25, -0.2) is 4.39 Å². The van der Waals surface area contributed by atoms with Crippen molar-refractivity contribution < 1.29 is 27.2 Å². The average Bonchev–Trinajstić information content (AvgIpc) is 2.88. The molecule has 0 N–H and O–H groups in total. The number of Topliss-reactive ketones (excluding diaryl/α,β-unsaturated/α-hetero) is 2. The highest BCUT2D eigenvalue weighted by atomic mass is 35.5. The fraction of sp³-hybridized carbons (Fsp3) is 0.250. The van der Waals surface area contributed by atoms with Crippen LogP contribution in [0, 0.1) is 23.1 Å². The molecule has 0 fully saturated rings. The minimum Gasteiger partial charge on any atom is -0.294 e. The molecule has 10 heteroatoms. The van der Waals surface area contributed by atoms with E-state index in [0.29, 0.717) is 4.68 Å². The first-order chi connectivity index (χ1) is 12.1. The van der Waals surface area contributed by atoms with Crippen molar-refractivity contribution in [1.29, 1.82) is 5.26 Å². The third-order valence-electron chi connectivity index (χ3n) is 3.52. The molecule has 0 radical (unpaired) electrons. The maximum absolute atomic E-state index is 13.1. The van der Waals surface area contributed by atoms with E-state index in [1.807, 2.05) is 0 Å². The molecule has 5 nitrogen and oxygen atoms in total. The van der Waals surface area contributed by atoms with Crippen molar-refractivity contribution in [2.24, 2.45) is 13.0 Å². The highest BCUT2D eigenvalue weighted by Crippen LogP contribution is 2.35. The van der Waals surface area contributed by atoms with Crippen molar-refractivity contribution >= 4 is 23.2 Å². The highest BCUT2D eigenvalue weighted by Gasteiger charge is 2.42. The molecule has 26 heavy (non-hydrogen) atoms. The predicted octanol–water partition coefficient (Wildman–Crippen LogP) is 3.83. The fourth-order valence-electron chi connectivity index (χ4n) is 2.23. The first-order valence-electron chi connectivity index (χ1n) is 7.08. The van der Waals surface area contributed by atoms with Gasteiger partial charge in [-0.05, 0) is 24.3 Å². The number of hydrogen-bond acceptors (Lipinski definition) is 4. The van der Waals surface area contributed by atoms with Gasteiger partial charge in [0, 0.05) is 19.0 Å². The average molecular weight is 388 g/mol. The molecule has 1 aromatic carbocycles. The number of hydrogen-bond donors (Lipinski definition) is 0. The van der Waals surface area contributed by atoms with Gasteiger partial charge >= 0.3 is 6.18 Å². The van der Waals surface area contributed by atoms with Gasteiger partial charge < -0.3 is 0 Å². The standard InChI is InChI=1S/C16H10ClF4N3O2/c1-24-15(17)12(14(23-24)16(19,20)21)13(26)9(7-22)6-11(25)8-2-4-10(18)5-3-8/h2-5,9H,6H2,1H3. The number of alkyl halides is 3. The van der Waals surface area contributed by atoms with Gasteiger partial charge in [-0.2, -0.15) is 23.5 Å². The smallest absolute Gasteiger partial charge is 0.294 e. The Bertz CT molecular complexity index is 898. The minimum atomic E-state index is -4.96. The molecule has 1 atom stereocenters. The van der Waals surface area contributed by atoms with Crippen molar-refractivity contribution in [3.05, 3.63) is 52.1 Å². The number of benzene rings is 1. The molecular formula is C16H10ClF4N3O2. The van der Waals surface area contributed by atoms with E-state index in [1.165, 1.54) is 6.07 Å². The van der Waals surface area contributed by atoms with Crippen molar-refractivity contribution in [2.45, 2.75) is 12.6 Å². The van der Waals surface area contributed by atoms with E-state index in [2.05, 4.69) is 5.10 Å². The number of rotatable bonds is 5. The molecule has 0 aliphatic carbocycles. The fourth-order valence-corrected chi connectivity index (χ4v) is 2.45. The Kier molecular flexibility index (Phi) is 5.47. The van der Waals surface area contributed by atoms with Crippen LogP contribution in [0.4, 0.5) is 17.6 Å². The van der Waals surface area contributed by atoms with Crippen LogP contribution in [-0.4, -0.2) is 21.3 Å². The Morgan fingerprint density at radius 3 is 2.38 bits per heavy atom. The molecule has 1 heterocycles. The molecule has 1 aromatic heterocycles. The summed E-state index contributed by atoms with van der Waals surface area (Å²) in [4.78, 5) is 24.6. The minimum absolute atomic E-state index is 0.0211. The molecule has 0 saturated heterocycles. The van der Waals surface area contributed by atoms with Crippen molar-refractivity contribution in [3.8, 4) is 6.07 Å². The lowest BCUT2D eigenvalue weighted by atomic mass is 9.92. The van der Waals surface area contributed by atoms with Crippen molar-refractivity contribution in [1.82, 2.24) is 9.78 Å². The number of nitrogens with zero attached hydrogens (tertiary/aromatic N) is 3. The van der Waals surface area contributed by atoms with Crippen LogP contribution in [0.2, 0.25) is 5.15 Å². The van der Waals surface area contributed by atoms with Crippen molar-refractivity contribution in [2.75, 3.05) is 0 Å². The highest BCUT2D eigenvalue weighted by molar-refractivity contribution is 6.33. The van der Waals surface area contributed by atoms with Crippen molar-refractivity contribution in [3.63, 3.8) is 0 Å². The molecule has 0 bridgehead atoms. The molecule has 0 amide bonds. The molecule has 2 aromatic rings. The van der Waals surface area contributed by atoms with Gasteiger partial charge in [0.25, 0.3) is 0 Å². The SMILES string of the molecule is Cn1nc(C(F)(F)F)c(C(=O)C(C#N)CC(=O)c2ccc(F)cc2)c1Cl. The Morgan fingerprint density at radius 1 is 1.31 bits per heavy atom. The molecule has 0 aliphatic rings. The van der Waals surface area contributed by atoms with Crippen LogP contribution in [0.3, 0.4) is 0 Å². The van der Waals surface area contributed by atoms with Gasteiger partial charge in [0.2, 0.25) is 0 Å². The normalized spacial score (nSPS) is 12.5. The Balaban J connectivity index is 2.34. The summed E-state index contributed by atoms with van der Waals surface area (Å²) in [7, 11) is 1.11. The maximum Gasteiger partial charge on any atom is 0.435 e. The first-order valence-corrected chi connectivity index (χ1v) is 7.46.